The fraction of sp³-hybridized carbons (Fsp3) is 0. The van der Waals surface area contributed by atoms with Gasteiger partial charge in [0.2, 0.25) is 0 Å². The predicted octanol–water partition coefficient (Wildman–Crippen LogP) is -8.91. The van der Waals surface area contributed by atoms with Crippen molar-refractivity contribution in [2.24, 2.45) is 0 Å². The molecule has 0 bridgehead atoms. The molecule has 0 N–H and O–H groups in total. The molecule has 0 radical (unpaired) electrons. The van der Waals surface area contributed by atoms with Crippen LogP contribution in [0.3, 0.4) is 0 Å². The monoisotopic (exact) mass is 370 g/mol. The van der Waals surface area contributed by atoms with Gasteiger partial charge < -0.3 is 39.6 Å². The van der Waals surface area contributed by atoms with E-state index in [1.807, 2.05) is 0 Å². The Kier molecular flexibility index (Phi) is 24.2. The van der Waals surface area contributed by atoms with E-state index >= 15 is 0 Å². The van der Waals surface area contributed by atoms with Crippen molar-refractivity contribution >= 4 is 23.9 Å². The van der Waals surface area contributed by atoms with Gasteiger partial charge in [0.05, 0.1) is 23.9 Å². The fourth-order valence-corrected chi connectivity index (χ4v) is 0.272. The summed E-state index contributed by atoms with van der Waals surface area (Å²) in [7, 11) is 0. The van der Waals surface area contributed by atoms with Crippen LogP contribution in [0.15, 0.2) is 24.3 Å². The van der Waals surface area contributed by atoms with E-state index in [4.69, 9.17) is 0 Å². The number of carboxylic acid groups (broad SMARTS) is 4. The van der Waals surface area contributed by atoms with Crippen molar-refractivity contribution in [1.29, 1.82) is 0 Å². The Morgan fingerprint density at radius 2 is 0.667 bits per heavy atom. The molecule has 18 heavy (non-hydrogen) atoms. The topological polar surface area (TPSA) is 161 Å². The SMILES string of the molecule is O=C([O-])/C=C\C(=O)[O-].O=C([O-])/C=C\C(=O)[O-].[K+].[Rh+3]. The van der Waals surface area contributed by atoms with Crippen molar-refractivity contribution < 1.29 is 110 Å². The Bertz CT molecular complexity index is 283. The van der Waals surface area contributed by atoms with Crippen LogP contribution in [-0.4, -0.2) is 23.9 Å². The minimum Gasteiger partial charge on any atom is -0.545 e. The molecule has 0 spiro atoms. The van der Waals surface area contributed by atoms with E-state index in [1.54, 1.807) is 0 Å². The van der Waals surface area contributed by atoms with Gasteiger partial charge in [-0.3, -0.25) is 0 Å². The van der Waals surface area contributed by atoms with Crippen molar-refractivity contribution in [2.75, 3.05) is 0 Å². The average molecular weight is 370 g/mol. The molecule has 0 amide bonds. The Morgan fingerprint density at radius 3 is 0.722 bits per heavy atom. The molecule has 0 saturated heterocycles. The standard InChI is InChI=1S/2C4H4O4.K.Rh/c2*5-3(6)1-2-4(7)8;;/h2*1-2H,(H,5,6)(H,7,8);;/q;;+1;+3/p-4/b2*2-1-;;. The molecule has 0 saturated carbocycles. The van der Waals surface area contributed by atoms with Crippen molar-refractivity contribution in [2.45, 2.75) is 0 Å². The summed E-state index contributed by atoms with van der Waals surface area (Å²) in [6, 6.07) is 0. The summed E-state index contributed by atoms with van der Waals surface area (Å²) in [5, 5.41) is 37.7. The van der Waals surface area contributed by atoms with Gasteiger partial charge in [-0.2, -0.15) is 0 Å². The zero-order chi connectivity index (χ0) is 13.1. The number of rotatable bonds is 4. The summed E-state index contributed by atoms with van der Waals surface area (Å²) >= 11 is 0. The molecule has 0 rings (SSSR count). The van der Waals surface area contributed by atoms with Gasteiger partial charge in [0.1, 0.15) is 0 Å². The third kappa shape index (κ3) is 36.1. The normalized spacial score (nSPS) is 8.44. The first-order chi connectivity index (χ1) is 7.25. The number of carbonyl (C=O) groups excluding carboxylic acids is 4. The Balaban J connectivity index is -0.0000000980. The van der Waals surface area contributed by atoms with E-state index < -0.39 is 23.9 Å². The Hall–Kier alpha value is -0.380. The fourth-order valence-electron chi connectivity index (χ4n) is 0.272. The molecule has 0 aliphatic heterocycles. The Labute approximate surface area is 157 Å². The van der Waals surface area contributed by atoms with E-state index in [0.29, 0.717) is 24.3 Å². The van der Waals surface area contributed by atoms with E-state index in [2.05, 4.69) is 0 Å². The third-order valence-corrected chi connectivity index (χ3v) is 0.711. The molecule has 8 nitrogen and oxygen atoms in total. The van der Waals surface area contributed by atoms with Crippen LogP contribution >= 0.6 is 0 Å². The molecule has 0 aliphatic rings. The van der Waals surface area contributed by atoms with Crippen LogP contribution in [0.2, 0.25) is 0 Å². The molecule has 0 aromatic rings. The number of hydrogen-bond acceptors (Lipinski definition) is 8. The van der Waals surface area contributed by atoms with E-state index in [-0.39, 0.29) is 70.9 Å². The van der Waals surface area contributed by atoms with Gasteiger partial charge in [-0.15, -0.1) is 0 Å². The Morgan fingerprint density at radius 1 is 0.556 bits per heavy atom. The molecule has 0 aliphatic carbocycles. The molecular weight excluding hydrogens is 366 g/mol. The van der Waals surface area contributed by atoms with E-state index in [9.17, 15) is 39.6 Å². The molecule has 10 heteroatoms. The second-order valence-electron chi connectivity index (χ2n) is 1.94. The summed E-state index contributed by atoms with van der Waals surface area (Å²) in [6.45, 7) is 0. The molecule has 0 fully saturated rings. The van der Waals surface area contributed by atoms with Gasteiger partial charge >= 0.3 is 70.9 Å². The smallest absolute Gasteiger partial charge is 0.545 e. The predicted molar refractivity (Wildman–Crippen MR) is 38.3 cm³/mol. The van der Waals surface area contributed by atoms with Gasteiger partial charge in [0.15, 0.2) is 0 Å². The van der Waals surface area contributed by atoms with Crippen LogP contribution in [0.25, 0.3) is 0 Å². The minimum absolute atomic E-state index is 0. The van der Waals surface area contributed by atoms with Crippen molar-refractivity contribution in [1.82, 2.24) is 0 Å². The quantitative estimate of drug-likeness (QED) is 0.348. The van der Waals surface area contributed by atoms with E-state index in [0.717, 1.165) is 0 Å². The second kappa shape index (κ2) is 16.6. The number of carboxylic acids is 4. The summed E-state index contributed by atoms with van der Waals surface area (Å²) in [5.41, 5.74) is 0. The van der Waals surface area contributed by atoms with E-state index in [1.165, 1.54) is 0 Å². The summed E-state index contributed by atoms with van der Waals surface area (Å²) < 4.78 is 0. The van der Waals surface area contributed by atoms with Gasteiger partial charge in [0.25, 0.3) is 0 Å². The van der Waals surface area contributed by atoms with Gasteiger partial charge in [0, 0.05) is 0 Å². The zero-order valence-electron chi connectivity index (χ0n) is 8.91. The second-order valence-corrected chi connectivity index (χ2v) is 1.94. The molecule has 94 valence electrons. The summed E-state index contributed by atoms with van der Waals surface area (Å²) in [5.74, 6) is -6.19. The molecular formula is C8H4KO8Rh. The molecule has 0 aromatic carbocycles. The number of carbonyl (C=O) groups is 4. The largest absolute Gasteiger partial charge is 3.00 e. The van der Waals surface area contributed by atoms with Crippen LogP contribution in [0.1, 0.15) is 0 Å². The van der Waals surface area contributed by atoms with Gasteiger partial charge in [-0.25, -0.2) is 0 Å². The van der Waals surface area contributed by atoms with Crippen molar-refractivity contribution in [3.05, 3.63) is 24.3 Å². The third-order valence-electron chi connectivity index (χ3n) is 0.711. The molecule has 0 aromatic heterocycles. The van der Waals surface area contributed by atoms with Gasteiger partial charge in [-0.05, 0) is 24.3 Å². The maximum absolute atomic E-state index is 9.41. The van der Waals surface area contributed by atoms with Crippen LogP contribution in [0, 0.1) is 0 Å². The zero-order valence-corrected chi connectivity index (χ0v) is 13.7. The number of aliphatic carboxylic acids is 4. The number of hydrogen-bond donors (Lipinski definition) is 0. The molecule has 0 heterocycles. The van der Waals surface area contributed by atoms with Crippen molar-refractivity contribution in [3.8, 4) is 0 Å². The minimum atomic E-state index is -1.55. The first-order valence-corrected chi connectivity index (χ1v) is 3.45. The summed E-state index contributed by atoms with van der Waals surface area (Å²) in [4.78, 5) is 37.7. The van der Waals surface area contributed by atoms with Gasteiger partial charge in [-0.1, -0.05) is 0 Å². The van der Waals surface area contributed by atoms with Crippen LogP contribution in [0.5, 0.6) is 0 Å². The molecule has 0 unspecified atom stereocenters. The van der Waals surface area contributed by atoms with Crippen LogP contribution in [0.4, 0.5) is 0 Å². The summed E-state index contributed by atoms with van der Waals surface area (Å²) in [6.07, 6.45) is 1.54. The maximum atomic E-state index is 9.41. The van der Waals surface area contributed by atoms with Crippen LogP contribution in [-0.2, 0) is 38.7 Å². The van der Waals surface area contributed by atoms with Crippen LogP contribution < -0.4 is 71.8 Å². The first kappa shape index (κ1) is 26.2. The maximum Gasteiger partial charge on any atom is 3.00 e. The molecule has 0 atom stereocenters. The first-order valence-electron chi connectivity index (χ1n) is 3.45. The van der Waals surface area contributed by atoms with Crippen molar-refractivity contribution in [3.63, 3.8) is 0 Å². The average Bonchev–Trinajstić information content (AvgIpc) is 2.12.